The number of carbonyl (C=O) groups excluding carboxylic acids is 1. The predicted octanol–water partition coefficient (Wildman–Crippen LogP) is 5.05. The second kappa shape index (κ2) is 7.13. The third-order valence-electron chi connectivity index (χ3n) is 8.27. The Labute approximate surface area is 170 Å². The van der Waals surface area contributed by atoms with Crippen LogP contribution in [0, 0.1) is 34.5 Å². The van der Waals surface area contributed by atoms with E-state index in [1.165, 1.54) is 37.7 Å². The van der Waals surface area contributed by atoms with Gasteiger partial charge in [-0.15, -0.1) is 0 Å². The van der Waals surface area contributed by atoms with Gasteiger partial charge < -0.3 is 10.2 Å². The lowest BCUT2D eigenvalue weighted by molar-refractivity contribution is -0.129. The van der Waals surface area contributed by atoms with E-state index in [0.717, 1.165) is 24.7 Å². The molecule has 2 N–H and O–H groups in total. The molecule has 7 atom stereocenters. The van der Waals surface area contributed by atoms with Crippen molar-refractivity contribution in [2.45, 2.75) is 78.7 Å². The zero-order valence-electron chi connectivity index (χ0n) is 17.8. The largest absolute Gasteiger partial charge is 0.349 e. The van der Waals surface area contributed by atoms with Crippen molar-refractivity contribution in [3.8, 4) is 0 Å². The van der Waals surface area contributed by atoms with Gasteiger partial charge >= 0.3 is 0 Å². The summed E-state index contributed by atoms with van der Waals surface area (Å²) in [5.74, 6) is 2.60. The van der Waals surface area contributed by atoms with E-state index in [1.807, 2.05) is 26.8 Å². The second-order valence-electron chi connectivity index (χ2n) is 11.0. The Kier molecular flexibility index (Phi) is 5.20. The molecule has 0 spiro atoms. The topological polar surface area (TPSA) is 66.4 Å². The summed E-state index contributed by atoms with van der Waals surface area (Å²) in [5.41, 5.74) is 1.28. The van der Waals surface area contributed by atoms with Crippen LogP contribution in [0.25, 0.3) is 0 Å². The monoisotopic (exact) mass is 405 g/mol. The van der Waals surface area contributed by atoms with Gasteiger partial charge in [-0.05, 0) is 79.3 Å². The number of nitrogens with one attached hydrogen (secondary N) is 1. The average Bonchev–Trinajstić information content (AvgIpc) is 3.01. The lowest BCUT2D eigenvalue weighted by Gasteiger charge is -2.52. The number of amides is 1. The smallest absolute Gasteiger partial charge is 0.225 e. The lowest BCUT2D eigenvalue weighted by Crippen LogP contribution is -2.48. The highest BCUT2D eigenvalue weighted by atomic mass is 31.1. The molecule has 0 aromatic carbocycles. The van der Waals surface area contributed by atoms with Crippen LogP contribution in [0.5, 0.6) is 0 Å². The van der Waals surface area contributed by atoms with Crippen LogP contribution in [0.15, 0.2) is 23.0 Å². The van der Waals surface area contributed by atoms with Crippen LogP contribution in [-0.4, -0.2) is 16.8 Å². The molecule has 4 rings (SSSR count). The number of fused-ring (bicyclic) bond motifs is 5. The maximum Gasteiger partial charge on any atom is 0.225 e. The summed E-state index contributed by atoms with van der Waals surface area (Å²) in [4.78, 5) is 22.6. The molecule has 0 saturated heterocycles. The second-order valence-corrected chi connectivity index (χ2v) is 12.2. The zero-order valence-corrected chi connectivity index (χ0v) is 18.8. The molecule has 4 aliphatic rings. The molecular formula is C23H36NO3P. The summed E-state index contributed by atoms with van der Waals surface area (Å²) in [7, 11) is -2.82. The van der Waals surface area contributed by atoms with E-state index in [4.69, 9.17) is 0 Å². The molecule has 0 bridgehead atoms. The van der Waals surface area contributed by atoms with Gasteiger partial charge in [-0.25, -0.2) is 0 Å². The van der Waals surface area contributed by atoms with Gasteiger partial charge in [0.1, 0.15) is 0 Å². The van der Waals surface area contributed by atoms with Gasteiger partial charge in [-0.2, -0.15) is 0 Å². The van der Waals surface area contributed by atoms with E-state index >= 15 is 0 Å². The van der Waals surface area contributed by atoms with E-state index < -0.39 is 13.4 Å². The molecule has 0 heterocycles. The summed E-state index contributed by atoms with van der Waals surface area (Å²) in [5, 5.41) is 3.64. The first kappa shape index (κ1) is 20.4. The molecule has 0 radical (unpaired) electrons. The molecule has 28 heavy (non-hydrogen) atoms. The van der Waals surface area contributed by atoms with Crippen LogP contribution in [0.1, 0.15) is 72.6 Å². The molecule has 1 amide bonds. The normalized spacial score (nSPS) is 41.1. The SMILES string of the molecule is CC(C)(C)C(=O)NC1CC2C(=CCC3C2CC[C@]2(C)CCCC32)C=C1[PH](=O)O. The number of rotatable bonds is 2. The van der Waals surface area contributed by atoms with Crippen LogP contribution in [0.3, 0.4) is 0 Å². The molecule has 2 fully saturated rings. The minimum absolute atomic E-state index is 0.0431. The first-order valence-corrected chi connectivity index (χ1v) is 12.4. The maximum absolute atomic E-state index is 12.6. The molecule has 0 aromatic heterocycles. The number of carbonyl (C=O) groups is 1. The van der Waals surface area contributed by atoms with Gasteiger partial charge in [0.2, 0.25) is 13.9 Å². The fourth-order valence-electron chi connectivity index (χ4n) is 6.68. The maximum atomic E-state index is 12.6. The van der Waals surface area contributed by atoms with Gasteiger partial charge in [0, 0.05) is 10.7 Å². The molecular weight excluding hydrogens is 369 g/mol. The Morgan fingerprint density at radius 2 is 2.00 bits per heavy atom. The number of hydrogen-bond acceptors (Lipinski definition) is 2. The molecule has 5 heteroatoms. The Bertz CT molecular complexity index is 749. The average molecular weight is 406 g/mol. The van der Waals surface area contributed by atoms with E-state index in [0.29, 0.717) is 22.6 Å². The Morgan fingerprint density at radius 1 is 1.25 bits per heavy atom. The third-order valence-corrected chi connectivity index (χ3v) is 9.25. The predicted molar refractivity (Wildman–Crippen MR) is 113 cm³/mol. The van der Waals surface area contributed by atoms with E-state index in [9.17, 15) is 14.3 Å². The zero-order chi connectivity index (χ0) is 20.3. The lowest BCUT2D eigenvalue weighted by atomic mass is 9.53. The summed E-state index contributed by atoms with van der Waals surface area (Å²) in [6, 6.07) is -0.305. The molecule has 6 unspecified atom stereocenters. The van der Waals surface area contributed by atoms with Crippen molar-refractivity contribution in [2.24, 2.45) is 34.5 Å². The molecule has 4 aliphatic carbocycles. The van der Waals surface area contributed by atoms with Crippen molar-refractivity contribution in [3.63, 3.8) is 0 Å². The molecule has 4 nitrogen and oxygen atoms in total. The highest BCUT2D eigenvalue weighted by Crippen LogP contribution is 2.61. The van der Waals surface area contributed by atoms with Gasteiger partial charge in [-0.3, -0.25) is 9.36 Å². The van der Waals surface area contributed by atoms with Crippen molar-refractivity contribution in [2.75, 3.05) is 0 Å². The minimum atomic E-state index is -2.82. The van der Waals surface area contributed by atoms with Gasteiger partial charge in [0.05, 0.1) is 6.04 Å². The summed E-state index contributed by atoms with van der Waals surface area (Å²) in [6.07, 6.45) is 12.9. The Hall–Kier alpha value is -0.860. The van der Waals surface area contributed by atoms with Crippen LogP contribution in [0.2, 0.25) is 0 Å². The number of hydrogen-bond donors (Lipinski definition) is 2. The van der Waals surface area contributed by atoms with Crippen LogP contribution in [0.4, 0.5) is 0 Å². The van der Waals surface area contributed by atoms with Crippen molar-refractivity contribution >= 4 is 13.9 Å². The van der Waals surface area contributed by atoms with Crippen molar-refractivity contribution in [1.82, 2.24) is 5.32 Å². The van der Waals surface area contributed by atoms with Crippen molar-refractivity contribution in [3.05, 3.63) is 23.0 Å². The van der Waals surface area contributed by atoms with Crippen LogP contribution in [-0.2, 0) is 9.36 Å². The fraction of sp³-hybridized carbons (Fsp3) is 0.783. The van der Waals surface area contributed by atoms with Crippen LogP contribution < -0.4 is 5.32 Å². The van der Waals surface area contributed by atoms with E-state index in [2.05, 4.69) is 18.3 Å². The van der Waals surface area contributed by atoms with Gasteiger partial charge in [0.25, 0.3) is 0 Å². The van der Waals surface area contributed by atoms with Crippen molar-refractivity contribution in [1.29, 1.82) is 0 Å². The summed E-state index contributed by atoms with van der Waals surface area (Å²) >= 11 is 0. The van der Waals surface area contributed by atoms with E-state index in [-0.39, 0.29) is 11.9 Å². The fourth-order valence-corrected chi connectivity index (χ4v) is 7.46. The minimum Gasteiger partial charge on any atom is -0.349 e. The summed E-state index contributed by atoms with van der Waals surface area (Å²) < 4.78 is 12.1. The quantitative estimate of drug-likeness (QED) is 0.632. The molecule has 156 valence electrons. The van der Waals surface area contributed by atoms with Gasteiger partial charge in [0.15, 0.2) is 0 Å². The van der Waals surface area contributed by atoms with Gasteiger partial charge in [-0.1, -0.05) is 40.2 Å². The molecule has 0 aromatic rings. The Balaban J connectivity index is 1.62. The summed E-state index contributed by atoms with van der Waals surface area (Å²) in [6.45, 7) is 8.17. The first-order chi connectivity index (χ1) is 13.1. The first-order valence-electron chi connectivity index (χ1n) is 11.1. The molecule has 2 saturated carbocycles. The standard InChI is InChI=1S/C23H36NO3P/c1-22(2,3)21(25)24-19-13-17-14(12-20(19)28(26)27)7-8-16-15(17)9-11-23(4)10-5-6-18(16)23/h7,12,15-19,28H,5-6,8-11,13H2,1-4H3,(H,24,25)(H,26,27)/t15?,16?,17?,18?,19?,23-/m0/s1. The van der Waals surface area contributed by atoms with E-state index in [1.54, 1.807) is 0 Å². The van der Waals surface area contributed by atoms with Crippen LogP contribution >= 0.6 is 8.03 Å². The third kappa shape index (κ3) is 3.45. The Morgan fingerprint density at radius 3 is 2.68 bits per heavy atom. The van der Waals surface area contributed by atoms with Crippen molar-refractivity contribution < 1.29 is 14.3 Å². The highest BCUT2D eigenvalue weighted by molar-refractivity contribution is 7.43. The highest BCUT2D eigenvalue weighted by Gasteiger charge is 2.52. The molecule has 0 aliphatic heterocycles. The number of allylic oxidation sites excluding steroid dienone is 3.